The normalized spacial score (nSPS) is 14.1. The molecule has 1 aromatic rings. The van der Waals surface area contributed by atoms with E-state index in [0.29, 0.717) is 12.4 Å². The molecule has 0 aromatic carbocycles. The van der Waals surface area contributed by atoms with Crippen LogP contribution in [0, 0.1) is 0 Å². The maximum atomic E-state index is 11.9. The first-order valence-corrected chi connectivity index (χ1v) is 5.04. The van der Waals surface area contributed by atoms with Gasteiger partial charge in [-0.3, -0.25) is 0 Å². The summed E-state index contributed by atoms with van der Waals surface area (Å²) in [6.07, 6.45) is -3.20. The van der Waals surface area contributed by atoms with Gasteiger partial charge in [0.15, 0.2) is 0 Å². The predicted octanol–water partition coefficient (Wildman–Crippen LogP) is 1.81. The molecular weight excluding hydrogens is 221 g/mol. The molecule has 92 valence electrons. The van der Waals surface area contributed by atoms with Gasteiger partial charge in [-0.25, -0.2) is 0 Å². The van der Waals surface area contributed by atoms with Gasteiger partial charge in [-0.05, 0) is 19.9 Å². The van der Waals surface area contributed by atoms with Gasteiger partial charge in [0.1, 0.15) is 12.2 Å². The molecule has 1 rings (SSSR count). The van der Waals surface area contributed by atoms with Crippen molar-refractivity contribution in [1.82, 2.24) is 20.1 Å². The highest BCUT2D eigenvalue weighted by atomic mass is 19.4. The Hall–Kier alpha value is -1.11. The molecule has 0 aliphatic heterocycles. The number of rotatable bonds is 5. The second-order valence-electron chi connectivity index (χ2n) is 3.69. The number of aromatic nitrogens is 3. The molecule has 7 heteroatoms. The molecule has 0 bridgehead atoms. The number of hydrogen-bond acceptors (Lipinski definition) is 3. The van der Waals surface area contributed by atoms with Gasteiger partial charge in [-0.15, -0.1) is 10.2 Å². The van der Waals surface area contributed by atoms with E-state index in [1.165, 1.54) is 0 Å². The average molecular weight is 236 g/mol. The summed E-state index contributed by atoms with van der Waals surface area (Å²) in [5.41, 5.74) is 0. The van der Waals surface area contributed by atoms with E-state index in [-0.39, 0.29) is 12.5 Å². The highest BCUT2D eigenvalue weighted by Crippen LogP contribution is 2.21. The summed E-state index contributed by atoms with van der Waals surface area (Å²) in [6, 6.07) is -0.0965. The zero-order valence-corrected chi connectivity index (χ0v) is 9.25. The Balaban J connectivity index is 2.26. The fourth-order valence-electron chi connectivity index (χ4n) is 1.38. The van der Waals surface area contributed by atoms with Gasteiger partial charge in [-0.1, -0.05) is 0 Å². The van der Waals surface area contributed by atoms with E-state index in [4.69, 9.17) is 0 Å². The van der Waals surface area contributed by atoms with Crippen molar-refractivity contribution in [2.75, 3.05) is 6.54 Å². The van der Waals surface area contributed by atoms with E-state index < -0.39 is 12.6 Å². The predicted molar refractivity (Wildman–Crippen MR) is 52.7 cm³/mol. The van der Waals surface area contributed by atoms with Crippen molar-refractivity contribution in [3.05, 3.63) is 12.2 Å². The van der Waals surface area contributed by atoms with Crippen molar-refractivity contribution in [2.45, 2.75) is 32.0 Å². The minimum Gasteiger partial charge on any atom is -0.319 e. The summed E-state index contributed by atoms with van der Waals surface area (Å²) >= 11 is 0. The standard InChI is InChI=1S/C9H15F3N4/c1-7(8-15-14-6-16(8)2)13-5-3-4-9(10,11)12/h6-7,13H,3-5H2,1-2H3. The van der Waals surface area contributed by atoms with Crippen molar-refractivity contribution in [3.63, 3.8) is 0 Å². The molecule has 0 saturated carbocycles. The lowest BCUT2D eigenvalue weighted by molar-refractivity contribution is -0.135. The summed E-state index contributed by atoms with van der Waals surface area (Å²) in [6.45, 7) is 2.16. The van der Waals surface area contributed by atoms with Gasteiger partial charge in [0.05, 0.1) is 6.04 Å². The molecule has 16 heavy (non-hydrogen) atoms. The first-order chi connectivity index (χ1) is 7.40. The number of halogens is 3. The third kappa shape index (κ3) is 4.18. The molecule has 4 nitrogen and oxygen atoms in total. The molecule has 1 aromatic heterocycles. The summed E-state index contributed by atoms with van der Waals surface area (Å²) in [7, 11) is 1.79. The highest BCUT2D eigenvalue weighted by molar-refractivity contribution is 4.91. The Morgan fingerprint density at radius 2 is 2.19 bits per heavy atom. The van der Waals surface area contributed by atoms with Crippen LogP contribution in [0.3, 0.4) is 0 Å². The number of aryl methyl sites for hydroxylation is 1. The fraction of sp³-hybridized carbons (Fsp3) is 0.778. The lowest BCUT2D eigenvalue weighted by Crippen LogP contribution is -2.23. The van der Waals surface area contributed by atoms with Crippen LogP contribution in [0.4, 0.5) is 13.2 Å². The third-order valence-corrected chi connectivity index (χ3v) is 2.22. The van der Waals surface area contributed by atoms with E-state index in [2.05, 4.69) is 15.5 Å². The Morgan fingerprint density at radius 1 is 1.50 bits per heavy atom. The lowest BCUT2D eigenvalue weighted by atomic mass is 10.2. The summed E-state index contributed by atoms with van der Waals surface area (Å²) in [4.78, 5) is 0. The minimum atomic E-state index is -4.07. The van der Waals surface area contributed by atoms with Gasteiger partial charge in [0.2, 0.25) is 0 Å². The van der Waals surface area contributed by atoms with Crippen molar-refractivity contribution in [3.8, 4) is 0 Å². The van der Waals surface area contributed by atoms with E-state index in [9.17, 15) is 13.2 Å². The number of alkyl halides is 3. The van der Waals surface area contributed by atoms with E-state index in [1.807, 2.05) is 6.92 Å². The van der Waals surface area contributed by atoms with Crippen LogP contribution in [0.1, 0.15) is 31.6 Å². The molecule has 0 aliphatic rings. The quantitative estimate of drug-likeness (QED) is 0.793. The first-order valence-electron chi connectivity index (χ1n) is 5.04. The van der Waals surface area contributed by atoms with Gasteiger partial charge in [0, 0.05) is 13.5 Å². The van der Waals surface area contributed by atoms with Crippen LogP contribution in [0.15, 0.2) is 6.33 Å². The van der Waals surface area contributed by atoms with Gasteiger partial charge in [-0.2, -0.15) is 13.2 Å². The molecule has 0 spiro atoms. The molecule has 0 aliphatic carbocycles. The van der Waals surface area contributed by atoms with Crippen molar-refractivity contribution in [2.24, 2.45) is 7.05 Å². The maximum Gasteiger partial charge on any atom is 0.389 e. The molecule has 1 atom stereocenters. The van der Waals surface area contributed by atoms with Crippen LogP contribution in [0.2, 0.25) is 0 Å². The van der Waals surface area contributed by atoms with Crippen molar-refractivity contribution >= 4 is 0 Å². The Labute approximate surface area is 91.9 Å². The second-order valence-corrected chi connectivity index (χ2v) is 3.69. The smallest absolute Gasteiger partial charge is 0.319 e. The number of nitrogens with zero attached hydrogens (tertiary/aromatic N) is 3. The zero-order chi connectivity index (χ0) is 12.2. The van der Waals surface area contributed by atoms with Gasteiger partial charge < -0.3 is 9.88 Å². The van der Waals surface area contributed by atoms with E-state index >= 15 is 0 Å². The number of nitrogens with one attached hydrogen (secondary N) is 1. The van der Waals surface area contributed by atoms with E-state index in [1.54, 1.807) is 17.9 Å². The third-order valence-electron chi connectivity index (χ3n) is 2.22. The Bertz CT molecular complexity index is 321. The Morgan fingerprint density at radius 3 is 2.69 bits per heavy atom. The molecular formula is C9H15F3N4. The SMILES string of the molecule is CC(NCCCC(F)(F)F)c1nncn1C. The molecule has 1 N–H and O–H groups in total. The monoisotopic (exact) mass is 236 g/mol. The topological polar surface area (TPSA) is 42.7 Å². The van der Waals surface area contributed by atoms with Gasteiger partial charge >= 0.3 is 6.18 Å². The first kappa shape index (κ1) is 13.0. The molecule has 0 saturated heterocycles. The van der Waals surface area contributed by atoms with Gasteiger partial charge in [0.25, 0.3) is 0 Å². The lowest BCUT2D eigenvalue weighted by Gasteiger charge is -2.13. The summed E-state index contributed by atoms with van der Waals surface area (Å²) < 4.78 is 37.3. The molecule has 0 amide bonds. The highest BCUT2D eigenvalue weighted by Gasteiger charge is 2.26. The molecule has 1 heterocycles. The van der Waals surface area contributed by atoms with E-state index in [0.717, 1.165) is 0 Å². The van der Waals surface area contributed by atoms with Crippen molar-refractivity contribution < 1.29 is 13.2 Å². The van der Waals surface area contributed by atoms with Crippen LogP contribution in [0.5, 0.6) is 0 Å². The molecule has 0 radical (unpaired) electrons. The summed E-state index contributed by atoms with van der Waals surface area (Å²) in [5.74, 6) is 0.715. The molecule has 0 fully saturated rings. The van der Waals surface area contributed by atoms with Crippen LogP contribution in [0.25, 0.3) is 0 Å². The van der Waals surface area contributed by atoms with Crippen LogP contribution < -0.4 is 5.32 Å². The largest absolute Gasteiger partial charge is 0.389 e. The minimum absolute atomic E-state index is 0.0751. The molecule has 1 unspecified atom stereocenters. The number of hydrogen-bond donors (Lipinski definition) is 1. The fourth-order valence-corrected chi connectivity index (χ4v) is 1.38. The zero-order valence-electron chi connectivity index (χ0n) is 9.25. The Kier molecular flexibility index (Phi) is 4.28. The maximum absolute atomic E-state index is 11.9. The van der Waals surface area contributed by atoms with Crippen molar-refractivity contribution in [1.29, 1.82) is 0 Å². The van der Waals surface area contributed by atoms with Crippen LogP contribution in [-0.4, -0.2) is 27.5 Å². The van der Waals surface area contributed by atoms with Crippen LogP contribution >= 0.6 is 0 Å². The second kappa shape index (κ2) is 5.29. The summed E-state index contributed by atoms with van der Waals surface area (Å²) in [5, 5.41) is 10.5. The van der Waals surface area contributed by atoms with Crippen LogP contribution in [-0.2, 0) is 7.05 Å². The average Bonchev–Trinajstić information content (AvgIpc) is 2.57.